The van der Waals surface area contributed by atoms with E-state index in [2.05, 4.69) is 31.1 Å². The molecule has 1 aromatic carbocycles. The lowest BCUT2D eigenvalue weighted by Crippen LogP contribution is -2.15. The van der Waals surface area contributed by atoms with E-state index in [-0.39, 0.29) is 17.0 Å². The molecule has 3 N–H and O–H groups in total. The first kappa shape index (κ1) is 14.8. The van der Waals surface area contributed by atoms with Gasteiger partial charge >= 0.3 is 0 Å². The molecule has 0 aliphatic rings. The Hall–Kier alpha value is -1.59. The third-order valence-corrected chi connectivity index (χ3v) is 3.88. The highest BCUT2D eigenvalue weighted by atomic mass is 35.5. The van der Waals surface area contributed by atoms with Gasteiger partial charge in [0.25, 0.3) is 5.91 Å². The summed E-state index contributed by atoms with van der Waals surface area (Å²) in [5, 5.41) is 5.61. The Bertz CT molecular complexity index is 646. The summed E-state index contributed by atoms with van der Waals surface area (Å²) in [4.78, 5) is 16.6. The second kappa shape index (κ2) is 5.42. The largest absolute Gasteiger partial charge is 0.397 e. The van der Waals surface area contributed by atoms with Crippen LogP contribution in [0.25, 0.3) is 0 Å². The Morgan fingerprint density at radius 1 is 1.40 bits per heavy atom. The van der Waals surface area contributed by atoms with Crippen molar-refractivity contribution in [3.05, 3.63) is 39.9 Å². The number of carbonyl (C=O) groups excluding carboxylic acids is 1. The first-order valence-corrected chi connectivity index (χ1v) is 7.36. The summed E-state index contributed by atoms with van der Waals surface area (Å²) in [7, 11) is 0. The van der Waals surface area contributed by atoms with E-state index >= 15 is 0 Å². The van der Waals surface area contributed by atoms with Gasteiger partial charge in [-0.25, -0.2) is 4.98 Å². The molecule has 1 aromatic heterocycles. The molecular weight excluding hydrogens is 294 g/mol. The monoisotopic (exact) mass is 309 g/mol. The van der Waals surface area contributed by atoms with Gasteiger partial charge in [0.2, 0.25) is 0 Å². The summed E-state index contributed by atoms with van der Waals surface area (Å²) in [6.07, 6.45) is 0. The van der Waals surface area contributed by atoms with Crippen LogP contribution in [0, 0.1) is 0 Å². The average Bonchev–Trinajstić information content (AvgIpc) is 2.81. The van der Waals surface area contributed by atoms with Crippen LogP contribution >= 0.6 is 22.9 Å². The van der Waals surface area contributed by atoms with Gasteiger partial charge < -0.3 is 5.73 Å². The zero-order valence-corrected chi connectivity index (χ0v) is 13.1. The van der Waals surface area contributed by atoms with Crippen LogP contribution in [-0.2, 0) is 5.41 Å². The fourth-order valence-corrected chi connectivity index (χ4v) is 2.68. The lowest BCUT2D eigenvalue weighted by Gasteiger charge is -2.14. The number of nitrogen functional groups attached to an aromatic ring is 1. The number of para-hydroxylation sites is 1. The molecule has 6 heteroatoms. The molecule has 0 atom stereocenters. The summed E-state index contributed by atoms with van der Waals surface area (Å²) in [5.74, 6) is -0.306. The minimum Gasteiger partial charge on any atom is -0.397 e. The molecule has 0 radical (unpaired) electrons. The first-order chi connectivity index (χ1) is 9.29. The van der Waals surface area contributed by atoms with Crippen LogP contribution in [0.1, 0.15) is 36.8 Å². The highest BCUT2D eigenvalue weighted by molar-refractivity contribution is 7.14. The standard InChI is InChI=1S/C14H16ClN3OS/c1-14(2,3)10-7-20-13(17-10)18-12(19)8-5-4-6-9(15)11(8)16/h4-7H,16H2,1-3H3,(H,17,18,19). The van der Waals surface area contributed by atoms with Crippen molar-refractivity contribution < 1.29 is 4.79 Å². The van der Waals surface area contributed by atoms with Gasteiger partial charge in [0.05, 0.1) is 22.0 Å². The van der Waals surface area contributed by atoms with Gasteiger partial charge in [0.1, 0.15) is 0 Å². The SMILES string of the molecule is CC(C)(C)c1csc(NC(=O)c2cccc(Cl)c2N)n1. The van der Waals surface area contributed by atoms with E-state index in [1.54, 1.807) is 18.2 Å². The molecule has 0 fully saturated rings. The maximum absolute atomic E-state index is 12.2. The van der Waals surface area contributed by atoms with E-state index in [9.17, 15) is 4.79 Å². The molecule has 0 aliphatic carbocycles. The summed E-state index contributed by atoms with van der Waals surface area (Å²) in [6, 6.07) is 4.97. The predicted molar refractivity (Wildman–Crippen MR) is 84.6 cm³/mol. The molecule has 0 saturated heterocycles. The summed E-state index contributed by atoms with van der Waals surface area (Å²) >= 11 is 7.30. The number of thiazole rings is 1. The fourth-order valence-electron chi connectivity index (χ4n) is 1.58. The van der Waals surface area contributed by atoms with Gasteiger partial charge in [-0.3, -0.25) is 10.1 Å². The van der Waals surface area contributed by atoms with Gasteiger partial charge in [0, 0.05) is 10.8 Å². The molecule has 1 amide bonds. The summed E-state index contributed by atoms with van der Waals surface area (Å²) in [6.45, 7) is 6.22. The topological polar surface area (TPSA) is 68.0 Å². The van der Waals surface area contributed by atoms with Crippen molar-refractivity contribution >= 4 is 39.7 Å². The highest BCUT2D eigenvalue weighted by Crippen LogP contribution is 2.28. The Balaban J connectivity index is 2.20. The smallest absolute Gasteiger partial charge is 0.259 e. The van der Waals surface area contributed by atoms with Gasteiger partial charge in [-0.1, -0.05) is 38.4 Å². The predicted octanol–water partition coefficient (Wildman–Crippen LogP) is 3.93. The molecule has 2 rings (SSSR count). The summed E-state index contributed by atoms with van der Waals surface area (Å²) < 4.78 is 0. The fraction of sp³-hybridized carbons (Fsp3) is 0.286. The van der Waals surface area contributed by atoms with Gasteiger partial charge in [-0.15, -0.1) is 11.3 Å². The van der Waals surface area contributed by atoms with E-state index in [1.165, 1.54) is 11.3 Å². The van der Waals surface area contributed by atoms with Crippen molar-refractivity contribution in [2.24, 2.45) is 0 Å². The minimum absolute atomic E-state index is 0.0471. The van der Waals surface area contributed by atoms with Crippen molar-refractivity contribution in [1.29, 1.82) is 0 Å². The van der Waals surface area contributed by atoms with Crippen LogP contribution in [0.5, 0.6) is 0 Å². The molecule has 0 spiro atoms. The number of anilines is 2. The molecule has 2 aromatic rings. The Morgan fingerprint density at radius 2 is 2.10 bits per heavy atom. The summed E-state index contributed by atoms with van der Waals surface area (Å²) in [5.41, 5.74) is 7.33. The zero-order chi connectivity index (χ0) is 14.9. The van der Waals surface area contributed by atoms with Gasteiger partial charge in [-0.2, -0.15) is 0 Å². The number of carbonyl (C=O) groups is 1. The van der Waals surface area contributed by atoms with Gasteiger partial charge in [0.15, 0.2) is 5.13 Å². The number of aromatic nitrogens is 1. The average molecular weight is 310 g/mol. The van der Waals surface area contributed by atoms with E-state index < -0.39 is 0 Å². The Morgan fingerprint density at radius 3 is 2.70 bits per heavy atom. The molecule has 0 unspecified atom stereocenters. The highest BCUT2D eigenvalue weighted by Gasteiger charge is 2.19. The van der Waals surface area contributed by atoms with Crippen LogP contribution in [0.15, 0.2) is 23.6 Å². The minimum atomic E-state index is -0.306. The third kappa shape index (κ3) is 3.11. The number of nitrogens with two attached hydrogens (primary N) is 1. The maximum atomic E-state index is 12.2. The number of hydrogen-bond donors (Lipinski definition) is 2. The molecule has 4 nitrogen and oxygen atoms in total. The van der Waals surface area contributed by atoms with Crippen molar-refractivity contribution in [3.8, 4) is 0 Å². The van der Waals surface area contributed by atoms with Crippen molar-refractivity contribution in [3.63, 3.8) is 0 Å². The Kier molecular flexibility index (Phi) is 4.01. The number of nitrogens with zero attached hydrogens (tertiary/aromatic N) is 1. The lowest BCUT2D eigenvalue weighted by atomic mass is 9.93. The number of halogens is 1. The first-order valence-electron chi connectivity index (χ1n) is 6.10. The Labute approximate surface area is 127 Å². The number of nitrogens with one attached hydrogen (secondary N) is 1. The van der Waals surface area contributed by atoms with Crippen molar-refractivity contribution in [2.75, 3.05) is 11.1 Å². The molecule has 106 valence electrons. The normalized spacial score (nSPS) is 11.4. The molecule has 0 bridgehead atoms. The van der Waals surface area contributed by atoms with E-state index in [0.29, 0.717) is 15.7 Å². The van der Waals surface area contributed by atoms with Crippen LogP contribution in [0.2, 0.25) is 5.02 Å². The van der Waals surface area contributed by atoms with Crippen LogP contribution in [0.4, 0.5) is 10.8 Å². The third-order valence-electron chi connectivity index (χ3n) is 2.79. The molecule has 1 heterocycles. The van der Waals surface area contributed by atoms with Crippen LogP contribution in [0.3, 0.4) is 0 Å². The number of rotatable bonds is 2. The molecular formula is C14H16ClN3OS. The number of hydrogen-bond acceptors (Lipinski definition) is 4. The molecule has 20 heavy (non-hydrogen) atoms. The van der Waals surface area contributed by atoms with Crippen LogP contribution < -0.4 is 11.1 Å². The molecule has 0 saturated carbocycles. The van der Waals surface area contributed by atoms with Crippen molar-refractivity contribution in [1.82, 2.24) is 4.98 Å². The number of amides is 1. The second-order valence-corrected chi connectivity index (χ2v) is 6.71. The van der Waals surface area contributed by atoms with Crippen molar-refractivity contribution in [2.45, 2.75) is 26.2 Å². The van der Waals surface area contributed by atoms with E-state index in [4.69, 9.17) is 17.3 Å². The van der Waals surface area contributed by atoms with E-state index in [0.717, 1.165) is 5.69 Å². The maximum Gasteiger partial charge on any atom is 0.259 e. The van der Waals surface area contributed by atoms with E-state index in [1.807, 2.05) is 5.38 Å². The number of benzene rings is 1. The zero-order valence-electron chi connectivity index (χ0n) is 11.5. The van der Waals surface area contributed by atoms with Gasteiger partial charge in [-0.05, 0) is 12.1 Å². The van der Waals surface area contributed by atoms with Crippen LogP contribution in [-0.4, -0.2) is 10.9 Å². The molecule has 0 aliphatic heterocycles. The second-order valence-electron chi connectivity index (χ2n) is 5.44. The quantitative estimate of drug-likeness (QED) is 0.826. The lowest BCUT2D eigenvalue weighted by molar-refractivity contribution is 0.102.